The van der Waals surface area contributed by atoms with Crippen LogP contribution in [0.25, 0.3) is 0 Å². The van der Waals surface area contributed by atoms with Crippen molar-refractivity contribution in [1.82, 2.24) is 4.90 Å². The molecule has 13 heavy (non-hydrogen) atoms. The Hall–Kier alpha value is -0.530. The summed E-state index contributed by atoms with van der Waals surface area (Å²) in [6, 6.07) is 0. The van der Waals surface area contributed by atoms with E-state index in [0.717, 1.165) is 24.9 Å². The number of carbonyl (C=O) groups is 1. The third-order valence-corrected chi connectivity index (χ3v) is 4.11. The van der Waals surface area contributed by atoms with Gasteiger partial charge in [-0.25, -0.2) is 0 Å². The number of hydrogen-bond donors (Lipinski definition) is 0. The van der Waals surface area contributed by atoms with Crippen LogP contribution in [-0.4, -0.2) is 23.9 Å². The fourth-order valence-electron chi connectivity index (χ4n) is 3.11. The molecule has 0 aromatic heterocycles. The van der Waals surface area contributed by atoms with E-state index < -0.39 is 0 Å². The van der Waals surface area contributed by atoms with Gasteiger partial charge in [0, 0.05) is 19.0 Å². The zero-order valence-corrected chi connectivity index (χ0v) is 8.04. The fraction of sp³-hybridized carbons (Fsp3) is 0.909. The molecule has 2 unspecified atom stereocenters. The summed E-state index contributed by atoms with van der Waals surface area (Å²) in [5, 5.41) is 0. The number of nitrogens with zero attached hydrogens (tertiary/aromatic N) is 1. The summed E-state index contributed by atoms with van der Waals surface area (Å²) in [7, 11) is 0. The molecule has 0 bridgehead atoms. The highest BCUT2D eigenvalue weighted by Crippen LogP contribution is 2.56. The van der Waals surface area contributed by atoms with Gasteiger partial charge in [0.2, 0.25) is 5.91 Å². The normalized spacial score (nSPS) is 42.2. The zero-order chi connectivity index (χ0) is 8.84. The summed E-state index contributed by atoms with van der Waals surface area (Å²) >= 11 is 0. The lowest BCUT2D eigenvalue weighted by Gasteiger charge is -2.31. The first-order valence-electron chi connectivity index (χ1n) is 5.67. The molecule has 1 amide bonds. The largest absolute Gasteiger partial charge is 0.342 e. The Morgan fingerprint density at radius 1 is 1.00 bits per heavy atom. The summed E-state index contributed by atoms with van der Waals surface area (Å²) in [4.78, 5) is 13.9. The SMILES string of the molecule is O=C(C1C2CCCCC21)N1CCC1. The van der Waals surface area contributed by atoms with E-state index in [1.807, 2.05) is 0 Å². The highest BCUT2D eigenvalue weighted by Gasteiger charge is 2.56. The number of amides is 1. The summed E-state index contributed by atoms with van der Waals surface area (Å²) in [6.45, 7) is 2.07. The van der Waals surface area contributed by atoms with Gasteiger partial charge in [0.15, 0.2) is 0 Å². The molecule has 2 aliphatic carbocycles. The Kier molecular flexibility index (Phi) is 1.64. The number of rotatable bonds is 1. The molecule has 0 aromatic rings. The standard InChI is InChI=1S/C11H17NO/c13-11(12-6-3-7-12)10-8-4-1-2-5-9(8)10/h8-10H,1-7H2. The number of likely N-dealkylation sites (tertiary alicyclic amines) is 1. The third kappa shape index (κ3) is 1.11. The highest BCUT2D eigenvalue weighted by atomic mass is 16.2. The molecule has 2 atom stereocenters. The van der Waals surface area contributed by atoms with Crippen LogP contribution < -0.4 is 0 Å². The van der Waals surface area contributed by atoms with Crippen molar-refractivity contribution in [2.24, 2.45) is 17.8 Å². The van der Waals surface area contributed by atoms with E-state index in [9.17, 15) is 4.79 Å². The van der Waals surface area contributed by atoms with Crippen molar-refractivity contribution in [2.45, 2.75) is 32.1 Å². The maximum Gasteiger partial charge on any atom is 0.226 e. The molecule has 0 spiro atoms. The molecular formula is C11H17NO. The van der Waals surface area contributed by atoms with E-state index in [2.05, 4.69) is 4.90 Å². The van der Waals surface area contributed by atoms with Gasteiger partial charge < -0.3 is 4.90 Å². The van der Waals surface area contributed by atoms with Crippen LogP contribution in [0.15, 0.2) is 0 Å². The van der Waals surface area contributed by atoms with Gasteiger partial charge in [-0.1, -0.05) is 12.8 Å². The van der Waals surface area contributed by atoms with E-state index in [0.29, 0.717) is 11.8 Å². The lowest BCUT2D eigenvalue weighted by atomic mass is 10.0. The Bertz CT molecular complexity index is 222. The molecule has 3 aliphatic rings. The number of hydrogen-bond acceptors (Lipinski definition) is 1. The van der Waals surface area contributed by atoms with E-state index in [1.165, 1.54) is 32.1 Å². The van der Waals surface area contributed by atoms with Crippen molar-refractivity contribution >= 4 is 5.91 Å². The lowest BCUT2D eigenvalue weighted by Crippen LogP contribution is -2.43. The first-order chi connectivity index (χ1) is 6.38. The van der Waals surface area contributed by atoms with Crippen LogP contribution in [0, 0.1) is 17.8 Å². The Balaban J connectivity index is 1.63. The smallest absolute Gasteiger partial charge is 0.226 e. The quantitative estimate of drug-likeness (QED) is 0.599. The van der Waals surface area contributed by atoms with Crippen molar-refractivity contribution in [2.75, 3.05) is 13.1 Å². The molecule has 0 aromatic carbocycles. The lowest BCUT2D eigenvalue weighted by molar-refractivity contribution is -0.136. The van der Waals surface area contributed by atoms with E-state index >= 15 is 0 Å². The van der Waals surface area contributed by atoms with Gasteiger partial charge in [0.05, 0.1) is 0 Å². The zero-order valence-electron chi connectivity index (χ0n) is 8.04. The highest BCUT2D eigenvalue weighted by molar-refractivity contribution is 5.83. The summed E-state index contributed by atoms with van der Waals surface area (Å²) in [6.07, 6.45) is 6.62. The summed E-state index contributed by atoms with van der Waals surface area (Å²) in [5.74, 6) is 2.54. The molecule has 0 radical (unpaired) electrons. The second-order valence-electron chi connectivity index (χ2n) is 4.82. The first-order valence-corrected chi connectivity index (χ1v) is 5.67. The maximum atomic E-state index is 11.9. The van der Waals surface area contributed by atoms with Gasteiger partial charge in [-0.3, -0.25) is 4.79 Å². The van der Waals surface area contributed by atoms with E-state index in [4.69, 9.17) is 0 Å². The minimum atomic E-state index is 0.461. The number of fused-ring (bicyclic) bond motifs is 1. The third-order valence-electron chi connectivity index (χ3n) is 4.11. The van der Waals surface area contributed by atoms with Gasteiger partial charge in [-0.15, -0.1) is 0 Å². The van der Waals surface area contributed by atoms with Gasteiger partial charge in [0.1, 0.15) is 0 Å². The van der Waals surface area contributed by atoms with Crippen molar-refractivity contribution < 1.29 is 4.79 Å². The Labute approximate surface area is 79.3 Å². The summed E-state index contributed by atoms with van der Waals surface area (Å²) in [5.41, 5.74) is 0. The predicted molar refractivity (Wildman–Crippen MR) is 50.1 cm³/mol. The summed E-state index contributed by atoms with van der Waals surface area (Å²) < 4.78 is 0. The van der Waals surface area contributed by atoms with Gasteiger partial charge in [-0.2, -0.15) is 0 Å². The topological polar surface area (TPSA) is 20.3 Å². The van der Waals surface area contributed by atoms with Crippen molar-refractivity contribution in [3.8, 4) is 0 Å². The molecule has 72 valence electrons. The van der Waals surface area contributed by atoms with Crippen LogP contribution in [0.2, 0.25) is 0 Å². The maximum absolute atomic E-state index is 11.9. The van der Waals surface area contributed by atoms with Gasteiger partial charge in [-0.05, 0) is 31.1 Å². The van der Waals surface area contributed by atoms with Gasteiger partial charge >= 0.3 is 0 Å². The average Bonchev–Trinajstić information content (AvgIpc) is 2.74. The second-order valence-corrected chi connectivity index (χ2v) is 4.82. The molecule has 0 N–H and O–H groups in total. The average molecular weight is 179 g/mol. The van der Waals surface area contributed by atoms with Crippen molar-refractivity contribution in [1.29, 1.82) is 0 Å². The number of carbonyl (C=O) groups excluding carboxylic acids is 1. The van der Waals surface area contributed by atoms with Crippen LogP contribution in [0.3, 0.4) is 0 Å². The molecule has 1 heterocycles. The van der Waals surface area contributed by atoms with Crippen LogP contribution in [0.1, 0.15) is 32.1 Å². The Morgan fingerprint density at radius 2 is 1.62 bits per heavy atom. The van der Waals surface area contributed by atoms with Crippen LogP contribution in [0.5, 0.6) is 0 Å². The molecule has 2 heteroatoms. The molecule has 1 aliphatic heterocycles. The molecule has 3 rings (SSSR count). The van der Waals surface area contributed by atoms with Crippen molar-refractivity contribution in [3.05, 3.63) is 0 Å². The molecule has 1 saturated heterocycles. The van der Waals surface area contributed by atoms with Gasteiger partial charge in [0.25, 0.3) is 0 Å². The second kappa shape index (κ2) is 2.73. The minimum absolute atomic E-state index is 0.461. The molecule has 2 nitrogen and oxygen atoms in total. The fourth-order valence-corrected chi connectivity index (χ4v) is 3.11. The van der Waals surface area contributed by atoms with Crippen LogP contribution in [-0.2, 0) is 4.79 Å². The Morgan fingerprint density at radius 3 is 2.08 bits per heavy atom. The van der Waals surface area contributed by atoms with Crippen LogP contribution in [0.4, 0.5) is 0 Å². The first kappa shape index (κ1) is 7.84. The monoisotopic (exact) mass is 179 g/mol. The molecule has 3 fully saturated rings. The van der Waals surface area contributed by atoms with Crippen LogP contribution >= 0.6 is 0 Å². The van der Waals surface area contributed by atoms with E-state index in [1.54, 1.807) is 0 Å². The van der Waals surface area contributed by atoms with Crippen molar-refractivity contribution in [3.63, 3.8) is 0 Å². The minimum Gasteiger partial charge on any atom is -0.342 e. The molecule has 2 saturated carbocycles. The predicted octanol–water partition coefficient (Wildman–Crippen LogP) is 1.65. The van der Waals surface area contributed by atoms with E-state index in [-0.39, 0.29) is 0 Å². The molecular weight excluding hydrogens is 162 g/mol.